The lowest BCUT2D eigenvalue weighted by Gasteiger charge is -2.60. The number of nitrogens with one attached hydrogen (secondary N) is 1. The van der Waals surface area contributed by atoms with Crippen molar-refractivity contribution >= 4 is 17.2 Å². The first kappa shape index (κ1) is 15.5. The number of hydrogen-bond donors (Lipinski definition) is 2. The number of rotatable bonds is 5. The molecule has 0 spiro atoms. The quantitative estimate of drug-likeness (QED) is 0.877. The van der Waals surface area contributed by atoms with Gasteiger partial charge in [-0.05, 0) is 24.8 Å². The highest BCUT2D eigenvalue weighted by molar-refractivity contribution is 7.08. The van der Waals surface area contributed by atoms with Gasteiger partial charge in [-0.15, -0.1) is 0 Å². The van der Waals surface area contributed by atoms with Gasteiger partial charge in [0.1, 0.15) is 0 Å². The van der Waals surface area contributed by atoms with Crippen LogP contribution in [0.2, 0.25) is 0 Å². The summed E-state index contributed by atoms with van der Waals surface area (Å²) in [5.74, 6) is -0.110. The molecule has 0 aromatic carbocycles. The number of carbonyl (C=O) groups is 1. The molecule has 1 saturated carbocycles. The molecule has 20 heavy (non-hydrogen) atoms. The topological polar surface area (TPSA) is 58.6 Å². The average molecular weight is 297 g/mol. The fourth-order valence-electron chi connectivity index (χ4n) is 2.88. The highest BCUT2D eigenvalue weighted by atomic mass is 32.1. The van der Waals surface area contributed by atoms with Gasteiger partial charge >= 0.3 is 0 Å². The number of aliphatic hydroxyl groups excluding tert-OH is 1. The van der Waals surface area contributed by atoms with E-state index in [-0.39, 0.29) is 24.0 Å². The molecule has 1 aliphatic carbocycles. The highest BCUT2D eigenvalue weighted by Gasteiger charge is 2.61. The molecule has 0 saturated heterocycles. The van der Waals surface area contributed by atoms with Crippen LogP contribution in [0.15, 0.2) is 10.8 Å². The molecular weight excluding hydrogens is 274 g/mol. The molecule has 0 bridgehead atoms. The molecule has 2 atom stereocenters. The Morgan fingerprint density at radius 1 is 1.55 bits per heavy atom. The number of hydrogen-bond acceptors (Lipinski definition) is 4. The SMILES string of the molecule is CCOC1CC(CO)(NC(=O)c2cscc2C)C1(C)C. The van der Waals surface area contributed by atoms with E-state index < -0.39 is 5.54 Å². The lowest BCUT2D eigenvalue weighted by molar-refractivity contribution is -0.172. The van der Waals surface area contributed by atoms with Crippen molar-refractivity contribution in [2.45, 2.75) is 45.8 Å². The van der Waals surface area contributed by atoms with Crippen LogP contribution >= 0.6 is 11.3 Å². The number of aryl methyl sites for hydroxylation is 1. The van der Waals surface area contributed by atoms with Crippen LogP contribution < -0.4 is 5.32 Å². The number of ether oxygens (including phenoxy) is 1. The van der Waals surface area contributed by atoms with Crippen molar-refractivity contribution in [3.63, 3.8) is 0 Å². The Bertz CT molecular complexity index is 497. The second-order valence-corrected chi connectivity index (χ2v) is 6.78. The first-order valence-electron chi connectivity index (χ1n) is 6.95. The molecule has 1 heterocycles. The zero-order valence-electron chi connectivity index (χ0n) is 12.5. The first-order chi connectivity index (χ1) is 9.38. The molecule has 2 unspecified atom stereocenters. The van der Waals surface area contributed by atoms with Gasteiger partial charge in [0.25, 0.3) is 5.91 Å². The molecule has 1 fully saturated rings. The maximum atomic E-state index is 12.4. The summed E-state index contributed by atoms with van der Waals surface area (Å²) < 4.78 is 5.69. The first-order valence-corrected chi connectivity index (χ1v) is 7.90. The van der Waals surface area contributed by atoms with Crippen molar-refractivity contribution in [3.05, 3.63) is 21.9 Å². The van der Waals surface area contributed by atoms with Crippen LogP contribution in [0.3, 0.4) is 0 Å². The van der Waals surface area contributed by atoms with Crippen molar-refractivity contribution in [2.24, 2.45) is 5.41 Å². The van der Waals surface area contributed by atoms with Crippen LogP contribution in [-0.4, -0.2) is 35.9 Å². The summed E-state index contributed by atoms with van der Waals surface area (Å²) in [6.45, 7) is 8.53. The van der Waals surface area contributed by atoms with Crippen molar-refractivity contribution in [2.75, 3.05) is 13.2 Å². The number of carbonyl (C=O) groups excluding carboxylic acids is 1. The van der Waals surface area contributed by atoms with Gasteiger partial charge in [-0.1, -0.05) is 13.8 Å². The monoisotopic (exact) mass is 297 g/mol. The van der Waals surface area contributed by atoms with E-state index in [9.17, 15) is 9.90 Å². The minimum Gasteiger partial charge on any atom is -0.394 e. The summed E-state index contributed by atoms with van der Waals surface area (Å²) in [5.41, 5.74) is 0.785. The number of thiophene rings is 1. The molecule has 112 valence electrons. The third-order valence-corrected chi connectivity index (χ3v) is 5.52. The van der Waals surface area contributed by atoms with E-state index >= 15 is 0 Å². The van der Waals surface area contributed by atoms with E-state index in [1.54, 1.807) is 0 Å². The average Bonchev–Trinajstić information content (AvgIpc) is 2.83. The summed E-state index contributed by atoms with van der Waals surface area (Å²) in [6.07, 6.45) is 0.725. The van der Waals surface area contributed by atoms with Crippen LogP contribution in [-0.2, 0) is 4.74 Å². The molecular formula is C15H23NO3S. The third-order valence-electron chi connectivity index (χ3n) is 4.66. The van der Waals surface area contributed by atoms with Gasteiger partial charge in [0.15, 0.2) is 0 Å². The molecule has 0 radical (unpaired) electrons. The Morgan fingerprint density at radius 2 is 2.25 bits per heavy atom. The molecule has 1 aromatic heterocycles. The molecule has 5 heteroatoms. The van der Waals surface area contributed by atoms with Gasteiger partial charge < -0.3 is 15.2 Å². The maximum absolute atomic E-state index is 12.4. The van der Waals surface area contributed by atoms with Crippen LogP contribution in [0.5, 0.6) is 0 Å². The second kappa shape index (κ2) is 5.47. The van der Waals surface area contributed by atoms with Crippen LogP contribution in [0.4, 0.5) is 0 Å². The summed E-state index contributed by atoms with van der Waals surface area (Å²) in [4.78, 5) is 12.4. The van der Waals surface area contributed by atoms with Gasteiger partial charge in [0.05, 0.1) is 23.8 Å². The van der Waals surface area contributed by atoms with Crippen molar-refractivity contribution in [1.29, 1.82) is 0 Å². The third kappa shape index (κ3) is 2.28. The van der Waals surface area contributed by atoms with Crippen molar-refractivity contribution < 1.29 is 14.6 Å². The minimum atomic E-state index is -0.599. The molecule has 1 amide bonds. The van der Waals surface area contributed by atoms with Crippen LogP contribution in [0.25, 0.3) is 0 Å². The van der Waals surface area contributed by atoms with Crippen LogP contribution in [0, 0.1) is 12.3 Å². The summed E-state index contributed by atoms with van der Waals surface area (Å²) in [6, 6.07) is 0. The van der Waals surface area contributed by atoms with Gasteiger partial charge in [-0.3, -0.25) is 4.79 Å². The Balaban J connectivity index is 2.14. The summed E-state index contributed by atoms with van der Waals surface area (Å²) in [5, 5.41) is 16.6. The second-order valence-electron chi connectivity index (χ2n) is 6.03. The number of amides is 1. The van der Waals surface area contributed by atoms with E-state index in [0.717, 1.165) is 5.56 Å². The van der Waals surface area contributed by atoms with E-state index in [1.807, 2.05) is 38.5 Å². The fraction of sp³-hybridized carbons (Fsp3) is 0.667. The van der Waals surface area contributed by atoms with E-state index in [4.69, 9.17) is 4.74 Å². The van der Waals surface area contributed by atoms with Gasteiger partial charge in [0.2, 0.25) is 0 Å². The Morgan fingerprint density at radius 3 is 2.70 bits per heavy atom. The Hall–Kier alpha value is -0.910. The van der Waals surface area contributed by atoms with Crippen LogP contribution in [0.1, 0.15) is 43.1 Å². The predicted octanol–water partition coefficient (Wildman–Crippen LogP) is 2.35. The Kier molecular flexibility index (Phi) is 4.23. The zero-order chi connectivity index (χ0) is 15.0. The maximum Gasteiger partial charge on any atom is 0.252 e. The molecule has 4 nitrogen and oxygen atoms in total. The molecule has 1 aliphatic rings. The van der Waals surface area contributed by atoms with Crippen molar-refractivity contribution in [1.82, 2.24) is 5.32 Å². The van der Waals surface area contributed by atoms with E-state index in [1.165, 1.54) is 11.3 Å². The highest BCUT2D eigenvalue weighted by Crippen LogP contribution is 2.51. The van der Waals surface area contributed by atoms with Gasteiger partial charge in [0, 0.05) is 23.8 Å². The molecule has 2 rings (SSSR count). The molecule has 0 aliphatic heterocycles. The standard InChI is InChI=1S/C15H23NO3S/c1-5-19-12-6-15(9-17,14(12,3)4)16-13(18)11-8-20-7-10(11)2/h7-8,12,17H,5-6,9H2,1-4H3,(H,16,18). The smallest absolute Gasteiger partial charge is 0.252 e. The van der Waals surface area contributed by atoms with Gasteiger partial charge in [-0.25, -0.2) is 0 Å². The minimum absolute atomic E-state index is 0.0709. The lowest BCUT2D eigenvalue weighted by atomic mass is 9.54. The zero-order valence-corrected chi connectivity index (χ0v) is 13.3. The lowest BCUT2D eigenvalue weighted by Crippen LogP contribution is -2.74. The Labute approximate surface area is 124 Å². The van der Waals surface area contributed by atoms with Gasteiger partial charge in [-0.2, -0.15) is 11.3 Å². The fourth-order valence-corrected chi connectivity index (χ4v) is 3.71. The molecule has 2 N–H and O–H groups in total. The number of aliphatic hydroxyl groups is 1. The van der Waals surface area contributed by atoms with E-state index in [2.05, 4.69) is 5.32 Å². The predicted molar refractivity (Wildman–Crippen MR) is 80.2 cm³/mol. The molecule has 1 aromatic rings. The normalized spacial score (nSPS) is 27.9. The largest absolute Gasteiger partial charge is 0.394 e. The summed E-state index contributed by atoms with van der Waals surface area (Å²) >= 11 is 1.51. The summed E-state index contributed by atoms with van der Waals surface area (Å²) in [7, 11) is 0. The van der Waals surface area contributed by atoms with Crippen molar-refractivity contribution in [3.8, 4) is 0 Å². The van der Waals surface area contributed by atoms with E-state index in [0.29, 0.717) is 18.6 Å².